The first-order valence-corrected chi connectivity index (χ1v) is 4.67. The van der Waals surface area contributed by atoms with Gasteiger partial charge in [0.25, 0.3) is 0 Å². The van der Waals surface area contributed by atoms with Gasteiger partial charge < -0.3 is 4.74 Å². The lowest BCUT2D eigenvalue weighted by Crippen LogP contribution is -2.05. The molecule has 1 aromatic rings. The molecule has 0 saturated heterocycles. The molecule has 72 valence electrons. The SMILES string of the molecule is COc1ccc(C(C)ON)c(Br)c1. The van der Waals surface area contributed by atoms with Gasteiger partial charge in [-0.3, -0.25) is 4.84 Å². The minimum Gasteiger partial charge on any atom is -0.497 e. The average molecular weight is 246 g/mol. The molecule has 13 heavy (non-hydrogen) atoms. The summed E-state index contributed by atoms with van der Waals surface area (Å²) >= 11 is 3.41. The maximum Gasteiger partial charge on any atom is 0.120 e. The van der Waals surface area contributed by atoms with Gasteiger partial charge in [0.05, 0.1) is 7.11 Å². The minimum absolute atomic E-state index is 0.125. The van der Waals surface area contributed by atoms with Crippen LogP contribution in [0, 0.1) is 0 Å². The first-order chi connectivity index (χ1) is 6.19. The summed E-state index contributed by atoms with van der Waals surface area (Å²) in [6.45, 7) is 1.88. The molecular weight excluding hydrogens is 234 g/mol. The lowest BCUT2D eigenvalue weighted by Gasteiger charge is -2.11. The molecule has 0 aromatic heterocycles. The van der Waals surface area contributed by atoms with Crippen LogP contribution in [-0.4, -0.2) is 7.11 Å². The zero-order valence-corrected chi connectivity index (χ0v) is 9.17. The Labute approximate surface area is 85.9 Å². The summed E-state index contributed by atoms with van der Waals surface area (Å²) in [5, 5.41) is 0. The van der Waals surface area contributed by atoms with Crippen molar-refractivity contribution >= 4 is 15.9 Å². The van der Waals surface area contributed by atoms with E-state index < -0.39 is 0 Å². The van der Waals surface area contributed by atoms with Gasteiger partial charge in [-0.1, -0.05) is 22.0 Å². The first-order valence-electron chi connectivity index (χ1n) is 3.88. The molecule has 1 atom stereocenters. The van der Waals surface area contributed by atoms with Crippen molar-refractivity contribution < 1.29 is 9.57 Å². The van der Waals surface area contributed by atoms with E-state index >= 15 is 0 Å². The zero-order valence-electron chi connectivity index (χ0n) is 7.58. The second-order valence-corrected chi connectivity index (χ2v) is 3.52. The highest BCUT2D eigenvalue weighted by molar-refractivity contribution is 9.10. The summed E-state index contributed by atoms with van der Waals surface area (Å²) < 4.78 is 6.00. The van der Waals surface area contributed by atoms with Crippen molar-refractivity contribution in [1.29, 1.82) is 0 Å². The van der Waals surface area contributed by atoms with Gasteiger partial charge in [-0.05, 0) is 24.6 Å². The molecule has 3 nitrogen and oxygen atoms in total. The number of halogens is 1. The van der Waals surface area contributed by atoms with Crippen molar-refractivity contribution in [1.82, 2.24) is 0 Å². The van der Waals surface area contributed by atoms with E-state index in [1.54, 1.807) is 7.11 Å². The van der Waals surface area contributed by atoms with Gasteiger partial charge in [0, 0.05) is 4.47 Å². The molecule has 1 rings (SSSR count). The Morgan fingerprint density at radius 2 is 2.15 bits per heavy atom. The number of benzene rings is 1. The third kappa shape index (κ3) is 2.43. The maximum atomic E-state index is 5.09. The van der Waals surface area contributed by atoms with Crippen molar-refractivity contribution in [3.8, 4) is 5.75 Å². The fourth-order valence-corrected chi connectivity index (χ4v) is 1.72. The topological polar surface area (TPSA) is 44.5 Å². The molecule has 0 aliphatic rings. The highest BCUT2D eigenvalue weighted by atomic mass is 79.9. The number of ether oxygens (including phenoxy) is 1. The van der Waals surface area contributed by atoms with Crippen LogP contribution in [0.1, 0.15) is 18.6 Å². The Morgan fingerprint density at radius 3 is 2.62 bits per heavy atom. The Morgan fingerprint density at radius 1 is 1.46 bits per heavy atom. The standard InChI is InChI=1S/C9H12BrNO2/c1-6(13-11)8-4-3-7(12-2)5-9(8)10/h3-6H,11H2,1-2H3. The Kier molecular flexibility index (Phi) is 3.71. The maximum absolute atomic E-state index is 5.09. The van der Waals surface area contributed by atoms with E-state index in [-0.39, 0.29) is 6.10 Å². The largest absolute Gasteiger partial charge is 0.497 e. The monoisotopic (exact) mass is 245 g/mol. The van der Waals surface area contributed by atoms with Gasteiger partial charge in [-0.15, -0.1) is 0 Å². The van der Waals surface area contributed by atoms with Gasteiger partial charge in [0.2, 0.25) is 0 Å². The van der Waals surface area contributed by atoms with E-state index in [1.807, 2.05) is 25.1 Å². The average Bonchev–Trinajstić information content (AvgIpc) is 2.16. The summed E-state index contributed by atoms with van der Waals surface area (Å²) in [6.07, 6.45) is -0.125. The molecule has 0 spiro atoms. The summed E-state index contributed by atoms with van der Waals surface area (Å²) in [5.41, 5.74) is 1.00. The van der Waals surface area contributed by atoms with Gasteiger partial charge in [0.15, 0.2) is 0 Å². The van der Waals surface area contributed by atoms with E-state index in [9.17, 15) is 0 Å². The number of rotatable bonds is 3. The van der Waals surface area contributed by atoms with Crippen LogP contribution in [0.15, 0.2) is 22.7 Å². The molecule has 0 bridgehead atoms. The second kappa shape index (κ2) is 4.60. The van der Waals surface area contributed by atoms with Crippen molar-refractivity contribution in [2.24, 2.45) is 5.90 Å². The van der Waals surface area contributed by atoms with Crippen molar-refractivity contribution in [3.05, 3.63) is 28.2 Å². The van der Waals surface area contributed by atoms with Crippen LogP contribution in [0.25, 0.3) is 0 Å². The van der Waals surface area contributed by atoms with Crippen molar-refractivity contribution in [2.45, 2.75) is 13.0 Å². The van der Waals surface area contributed by atoms with E-state index in [4.69, 9.17) is 15.5 Å². The van der Waals surface area contributed by atoms with Crippen LogP contribution < -0.4 is 10.6 Å². The highest BCUT2D eigenvalue weighted by Gasteiger charge is 2.09. The van der Waals surface area contributed by atoms with Crippen LogP contribution >= 0.6 is 15.9 Å². The van der Waals surface area contributed by atoms with Crippen molar-refractivity contribution in [3.63, 3.8) is 0 Å². The van der Waals surface area contributed by atoms with Crippen LogP contribution in [0.4, 0.5) is 0 Å². The van der Waals surface area contributed by atoms with Gasteiger partial charge >= 0.3 is 0 Å². The number of hydrogen-bond donors (Lipinski definition) is 1. The zero-order chi connectivity index (χ0) is 9.84. The Balaban J connectivity index is 2.98. The van der Waals surface area contributed by atoms with E-state index in [0.717, 1.165) is 15.8 Å². The van der Waals surface area contributed by atoms with Gasteiger partial charge in [0.1, 0.15) is 11.9 Å². The minimum atomic E-state index is -0.125. The molecule has 0 saturated carbocycles. The lowest BCUT2D eigenvalue weighted by atomic mass is 10.1. The Bertz CT molecular complexity index is 291. The van der Waals surface area contributed by atoms with Gasteiger partial charge in [-0.25, -0.2) is 5.90 Å². The highest BCUT2D eigenvalue weighted by Crippen LogP contribution is 2.28. The predicted molar refractivity (Wildman–Crippen MR) is 54.4 cm³/mol. The molecule has 0 heterocycles. The van der Waals surface area contributed by atoms with E-state index in [1.165, 1.54) is 0 Å². The Hall–Kier alpha value is -0.580. The summed E-state index contributed by atoms with van der Waals surface area (Å²) in [5.74, 6) is 5.90. The molecule has 0 aliphatic heterocycles. The second-order valence-electron chi connectivity index (χ2n) is 2.67. The molecular formula is C9H12BrNO2. The normalized spacial score (nSPS) is 12.6. The van der Waals surface area contributed by atoms with E-state index in [0.29, 0.717) is 0 Å². The lowest BCUT2D eigenvalue weighted by molar-refractivity contribution is 0.0659. The molecule has 0 fully saturated rings. The predicted octanol–water partition coefficient (Wildman–Crippen LogP) is 2.41. The van der Waals surface area contributed by atoms with Crippen molar-refractivity contribution in [2.75, 3.05) is 7.11 Å². The number of methoxy groups -OCH3 is 1. The molecule has 0 aliphatic carbocycles. The summed E-state index contributed by atoms with van der Waals surface area (Å²) in [7, 11) is 1.63. The summed E-state index contributed by atoms with van der Waals surface area (Å²) in [6, 6.07) is 5.67. The fraction of sp³-hybridized carbons (Fsp3) is 0.333. The smallest absolute Gasteiger partial charge is 0.120 e. The van der Waals surface area contributed by atoms with Crippen LogP contribution in [0.5, 0.6) is 5.75 Å². The van der Waals surface area contributed by atoms with Crippen LogP contribution in [0.2, 0.25) is 0 Å². The fourth-order valence-electron chi connectivity index (χ4n) is 1.04. The third-order valence-electron chi connectivity index (χ3n) is 1.85. The van der Waals surface area contributed by atoms with Crippen LogP contribution in [0.3, 0.4) is 0 Å². The van der Waals surface area contributed by atoms with Crippen LogP contribution in [-0.2, 0) is 4.84 Å². The molecule has 0 amide bonds. The molecule has 4 heteroatoms. The molecule has 1 aromatic carbocycles. The quantitative estimate of drug-likeness (QED) is 0.833. The summed E-state index contributed by atoms with van der Waals surface area (Å²) in [4.78, 5) is 4.72. The third-order valence-corrected chi connectivity index (χ3v) is 2.54. The number of hydrogen-bond acceptors (Lipinski definition) is 3. The number of nitrogens with two attached hydrogens (primary N) is 1. The van der Waals surface area contributed by atoms with Gasteiger partial charge in [-0.2, -0.15) is 0 Å². The first kappa shape index (κ1) is 10.5. The molecule has 2 N–H and O–H groups in total. The molecule has 0 radical (unpaired) electrons. The van der Waals surface area contributed by atoms with E-state index in [2.05, 4.69) is 15.9 Å². The molecule has 1 unspecified atom stereocenters.